The number of benzene rings is 1. The Bertz CT molecular complexity index is 741. The zero-order valence-corrected chi connectivity index (χ0v) is 9.28. The Labute approximate surface area is 101 Å². The molecule has 0 unspecified atom stereocenters. The molecular formula is C13H8F2N2O. The van der Waals surface area contributed by atoms with Gasteiger partial charge < -0.3 is 4.57 Å². The number of pyridine rings is 1. The molecule has 0 aliphatic heterocycles. The number of allylic oxidation sites excluding steroid dienone is 1. The van der Waals surface area contributed by atoms with Crippen molar-refractivity contribution >= 4 is 10.9 Å². The number of rotatable bonds is 2. The fourth-order valence-electron chi connectivity index (χ4n) is 1.75. The van der Waals surface area contributed by atoms with E-state index in [-0.39, 0.29) is 23.0 Å². The molecule has 1 heterocycles. The van der Waals surface area contributed by atoms with Crippen LogP contribution in [0.2, 0.25) is 0 Å². The Morgan fingerprint density at radius 3 is 2.67 bits per heavy atom. The maximum atomic E-state index is 13.2. The van der Waals surface area contributed by atoms with Crippen LogP contribution in [-0.4, -0.2) is 4.57 Å². The molecule has 0 radical (unpaired) electrons. The topological polar surface area (TPSA) is 45.8 Å². The molecule has 0 amide bonds. The molecular weight excluding hydrogens is 238 g/mol. The highest BCUT2D eigenvalue weighted by Gasteiger charge is 2.12. The van der Waals surface area contributed by atoms with Crippen molar-refractivity contribution in [3.8, 4) is 6.07 Å². The van der Waals surface area contributed by atoms with Crippen LogP contribution >= 0.6 is 0 Å². The molecule has 90 valence electrons. The first-order chi connectivity index (χ1) is 8.58. The van der Waals surface area contributed by atoms with E-state index in [1.54, 1.807) is 6.07 Å². The Kier molecular flexibility index (Phi) is 2.94. The van der Waals surface area contributed by atoms with Crippen LogP contribution in [0.5, 0.6) is 0 Å². The van der Waals surface area contributed by atoms with Gasteiger partial charge in [0.2, 0.25) is 5.43 Å². The van der Waals surface area contributed by atoms with E-state index in [1.807, 2.05) is 0 Å². The van der Waals surface area contributed by atoms with Crippen LogP contribution in [-0.2, 0) is 6.54 Å². The van der Waals surface area contributed by atoms with E-state index in [1.165, 1.54) is 16.8 Å². The molecule has 18 heavy (non-hydrogen) atoms. The van der Waals surface area contributed by atoms with Gasteiger partial charge in [-0.3, -0.25) is 4.79 Å². The number of halogens is 2. The standard InChI is InChI=1S/C13H8F2N2O/c1-2-3-17-7-8(6-16)13(18)9-4-10(14)11(15)5-12(9)17/h2,4-5,7H,1,3H2. The molecule has 0 aliphatic carbocycles. The number of fused-ring (bicyclic) bond motifs is 1. The number of nitriles is 1. The van der Waals surface area contributed by atoms with Crippen molar-refractivity contribution in [2.45, 2.75) is 6.54 Å². The molecule has 0 N–H and O–H groups in total. The van der Waals surface area contributed by atoms with Crippen molar-refractivity contribution in [3.63, 3.8) is 0 Å². The molecule has 0 spiro atoms. The minimum absolute atomic E-state index is 0.0187. The maximum absolute atomic E-state index is 13.2. The van der Waals surface area contributed by atoms with Gasteiger partial charge in [0, 0.05) is 18.8 Å². The van der Waals surface area contributed by atoms with Crippen molar-refractivity contribution in [3.05, 3.63) is 58.4 Å². The van der Waals surface area contributed by atoms with Crippen LogP contribution in [0, 0.1) is 23.0 Å². The lowest BCUT2D eigenvalue weighted by molar-refractivity contribution is 0.510. The van der Waals surface area contributed by atoms with Gasteiger partial charge in [-0.1, -0.05) is 6.08 Å². The van der Waals surface area contributed by atoms with Gasteiger partial charge in [0.15, 0.2) is 11.6 Å². The summed E-state index contributed by atoms with van der Waals surface area (Å²) in [6.07, 6.45) is 2.84. The van der Waals surface area contributed by atoms with Gasteiger partial charge in [0.1, 0.15) is 11.6 Å². The van der Waals surface area contributed by atoms with Gasteiger partial charge in [-0.2, -0.15) is 5.26 Å². The summed E-state index contributed by atoms with van der Waals surface area (Å²) in [5, 5.41) is 8.82. The van der Waals surface area contributed by atoms with E-state index < -0.39 is 17.1 Å². The second kappa shape index (κ2) is 4.41. The zero-order chi connectivity index (χ0) is 13.3. The first-order valence-corrected chi connectivity index (χ1v) is 5.11. The van der Waals surface area contributed by atoms with Gasteiger partial charge >= 0.3 is 0 Å². The first-order valence-electron chi connectivity index (χ1n) is 5.11. The van der Waals surface area contributed by atoms with Crippen LogP contribution in [0.1, 0.15) is 5.56 Å². The summed E-state index contributed by atoms with van der Waals surface area (Å²) in [5.74, 6) is -2.15. The van der Waals surface area contributed by atoms with Crippen molar-refractivity contribution in [1.29, 1.82) is 5.26 Å². The number of hydrogen-bond donors (Lipinski definition) is 0. The smallest absolute Gasteiger partial charge is 0.207 e. The quantitative estimate of drug-likeness (QED) is 0.763. The lowest BCUT2D eigenvalue weighted by Gasteiger charge is -2.09. The summed E-state index contributed by atoms with van der Waals surface area (Å²) in [7, 11) is 0. The number of nitrogens with zero attached hydrogens (tertiary/aromatic N) is 2. The minimum atomic E-state index is -1.11. The van der Waals surface area contributed by atoms with Crippen LogP contribution in [0.25, 0.3) is 10.9 Å². The van der Waals surface area contributed by atoms with Crippen LogP contribution in [0.15, 0.2) is 35.8 Å². The zero-order valence-electron chi connectivity index (χ0n) is 9.28. The molecule has 1 aromatic carbocycles. The minimum Gasteiger partial charge on any atom is -0.342 e. The predicted octanol–water partition coefficient (Wildman–Crippen LogP) is 2.34. The SMILES string of the molecule is C=CCn1cc(C#N)c(=O)c2cc(F)c(F)cc21. The molecule has 3 nitrogen and oxygen atoms in total. The molecule has 0 bridgehead atoms. The predicted molar refractivity (Wildman–Crippen MR) is 63.0 cm³/mol. The van der Waals surface area contributed by atoms with Crippen molar-refractivity contribution in [1.82, 2.24) is 4.57 Å². The third-order valence-electron chi connectivity index (χ3n) is 2.57. The Morgan fingerprint density at radius 1 is 1.39 bits per heavy atom. The molecule has 0 atom stereocenters. The first kappa shape index (κ1) is 12.0. The second-order valence-corrected chi connectivity index (χ2v) is 3.71. The highest BCUT2D eigenvalue weighted by molar-refractivity contribution is 5.80. The molecule has 0 saturated heterocycles. The average molecular weight is 246 g/mol. The third kappa shape index (κ3) is 1.78. The Balaban J connectivity index is 2.97. The molecule has 0 saturated carbocycles. The van der Waals surface area contributed by atoms with Crippen LogP contribution in [0.3, 0.4) is 0 Å². The molecule has 2 rings (SSSR count). The molecule has 5 heteroatoms. The van der Waals surface area contributed by atoms with E-state index in [9.17, 15) is 13.6 Å². The van der Waals surface area contributed by atoms with E-state index >= 15 is 0 Å². The van der Waals surface area contributed by atoms with Crippen molar-refractivity contribution in [2.24, 2.45) is 0 Å². The molecule has 2 aromatic rings. The highest BCUT2D eigenvalue weighted by Crippen LogP contribution is 2.16. The molecule has 1 aromatic heterocycles. The molecule has 0 aliphatic rings. The maximum Gasteiger partial charge on any atom is 0.207 e. The van der Waals surface area contributed by atoms with E-state index in [0.717, 1.165) is 12.1 Å². The fraction of sp³-hybridized carbons (Fsp3) is 0.0769. The van der Waals surface area contributed by atoms with E-state index in [2.05, 4.69) is 6.58 Å². The largest absolute Gasteiger partial charge is 0.342 e. The van der Waals surface area contributed by atoms with Crippen LogP contribution in [0.4, 0.5) is 8.78 Å². The van der Waals surface area contributed by atoms with Crippen molar-refractivity contribution in [2.75, 3.05) is 0 Å². The summed E-state index contributed by atoms with van der Waals surface area (Å²) in [6.45, 7) is 3.82. The average Bonchev–Trinajstić information content (AvgIpc) is 2.35. The lowest BCUT2D eigenvalue weighted by Crippen LogP contribution is -2.13. The van der Waals surface area contributed by atoms with Gasteiger partial charge in [-0.05, 0) is 6.07 Å². The number of hydrogen-bond acceptors (Lipinski definition) is 2. The van der Waals surface area contributed by atoms with E-state index in [0.29, 0.717) is 0 Å². The summed E-state index contributed by atoms with van der Waals surface area (Å²) >= 11 is 0. The summed E-state index contributed by atoms with van der Waals surface area (Å²) in [5.41, 5.74) is -0.486. The third-order valence-corrected chi connectivity index (χ3v) is 2.57. The molecule has 0 fully saturated rings. The number of aromatic nitrogens is 1. The Morgan fingerprint density at radius 2 is 2.06 bits per heavy atom. The Hall–Kier alpha value is -2.48. The summed E-state index contributed by atoms with van der Waals surface area (Å²) in [6, 6.07) is 3.49. The lowest BCUT2D eigenvalue weighted by atomic mass is 10.1. The highest BCUT2D eigenvalue weighted by atomic mass is 19.2. The van der Waals surface area contributed by atoms with Gasteiger partial charge in [0.05, 0.1) is 10.9 Å². The monoisotopic (exact) mass is 246 g/mol. The van der Waals surface area contributed by atoms with Crippen LogP contribution < -0.4 is 5.43 Å². The van der Waals surface area contributed by atoms with Gasteiger partial charge in [-0.15, -0.1) is 6.58 Å². The van der Waals surface area contributed by atoms with Gasteiger partial charge in [0.25, 0.3) is 0 Å². The normalized spacial score (nSPS) is 10.3. The van der Waals surface area contributed by atoms with E-state index in [4.69, 9.17) is 5.26 Å². The summed E-state index contributed by atoms with van der Waals surface area (Å²) < 4.78 is 27.8. The second-order valence-electron chi connectivity index (χ2n) is 3.71. The van der Waals surface area contributed by atoms with Crippen molar-refractivity contribution < 1.29 is 8.78 Å². The summed E-state index contributed by atoms with van der Waals surface area (Å²) in [4.78, 5) is 11.8. The fourth-order valence-corrected chi connectivity index (χ4v) is 1.75. The van der Waals surface area contributed by atoms with Gasteiger partial charge in [-0.25, -0.2) is 8.78 Å².